The molecule has 0 saturated carbocycles. The third-order valence-electron chi connectivity index (χ3n) is 5.41. The van der Waals surface area contributed by atoms with Gasteiger partial charge in [-0.05, 0) is 42.5 Å². The van der Waals surface area contributed by atoms with Crippen molar-refractivity contribution in [3.05, 3.63) is 59.7 Å². The van der Waals surface area contributed by atoms with Gasteiger partial charge in [0, 0.05) is 22.6 Å². The van der Waals surface area contributed by atoms with Crippen LogP contribution in [-0.4, -0.2) is 24.6 Å². The molecule has 2 atom stereocenters. The lowest BCUT2D eigenvalue weighted by molar-refractivity contribution is -0.136. The Hall–Kier alpha value is -1.66. The summed E-state index contributed by atoms with van der Waals surface area (Å²) in [5.74, 6) is 1.52. The van der Waals surface area contributed by atoms with Gasteiger partial charge in [-0.1, -0.05) is 43.3 Å². The number of nitrogens with one attached hydrogen (secondary N) is 1. The highest BCUT2D eigenvalue weighted by atomic mass is 32.2. The second-order valence-corrected chi connectivity index (χ2v) is 8.30. The molecule has 1 aliphatic heterocycles. The Kier molecular flexibility index (Phi) is 6.61. The van der Waals surface area contributed by atoms with Crippen molar-refractivity contribution >= 4 is 11.8 Å². The summed E-state index contributed by atoms with van der Waals surface area (Å²) < 4.78 is 43.5. The normalized spacial score (nSPS) is 22.4. The fourth-order valence-corrected chi connectivity index (χ4v) is 5.12. The number of rotatable bonds is 6. The van der Waals surface area contributed by atoms with Gasteiger partial charge in [0.05, 0.1) is 13.2 Å². The van der Waals surface area contributed by atoms with E-state index in [9.17, 15) is 13.2 Å². The average Bonchev–Trinajstić information content (AvgIpc) is 2.85. The Morgan fingerprint density at radius 1 is 1.18 bits per heavy atom. The number of fused-ring (bicyclic) bond motifs is 1. The molecule has 0 amide bonds. The standard InChI is InChI=1S/C22H26F3NOS/c1-3-21(12-7-13-22(23,24)25)15-28-19-14-17(27-2)10-11-18(19)20(26-21)16-8-5-4-6-9-16/h4-6,8-11,14,20,26H,3,7,12-13,15H2,1-2H3/t20-,21-/m0/s1. The molecule has 0 spiro atoms. The molecule has 1 aliphatic rings. The predicted octanol–water partition coefficient (Wildman–Crippen LogP) is 6.36. The van der Waals surface area contributed by atoms with Crippen molar-refractivity contribution in [1.82, 2.24) is 5.32 Å². The second kappa shape index (κ2) is 8.78. The fourth-order valence-electron chi connectivity index (χ4n) is 3.71. The van der Waals surface area contributed by atoms with Crippen LogP contribution in [0.25, 0.3) is 0 Å². The molecule has 2 nitrogen and oxygen atoms in total. The molecule has 0 aromatic heterocycles. The molecule has 152 valence electrons. The number of halogens is 3. The Morgan fingerprint density at radius 3 is 2.57 bits per heavy atom. The first kappa shape index (κ1) is 21.1. The Balaban J connectivity index is 1.94. The monoisotopic (exact) mass is 409 g/mol. The van der Waals surface area contributed by atoms with Crippen LogP contribution in [0.1, 0.15) is 49.8 Å². The number of hydrogen-bond acceptors (Lipinski definition) is 3. The van der Waals surface area contributed by atoms with E-state index < -0.39 is 12.6 Å². The van der Waals surface area contributed by atoms with Gasteiger partial charge in [0.15, 0.2) is 0 Å². The molecule has 28 heavy (non-hydrogen) atoms. The van der Waals surface area contributed by atoms with Crippen LogP contribution in [0.2, 0.25) is 0 Å². The summed E-state index contributed by atoms with van der Waals surface area (Å²) >= 11 is 1.70. The quantitative estimate of drug-likeness (QED) is 0.600. The number of methoxy groups -OCH3 is 1. The van der Waals surface area contributed by atoms with Gasteiger partial charge in [-0.3, -0.25) is 5.32 Å². The van der Waals surface area contributed by atoms with Crippen LogP contribution < -0.4 is 10.1 Å². The van der Waals surface area contributed by atoms with E-state index in [4.69, 9.17) is 4.74 Å². The maximum absolute atomic E-state index is 12.7. The fraction of sp³-hybridized carbons (Fsp3) is 0.455. The van der Waals surface area contributed by atoms with Gasteiger partial charge in [0.1, 0.15) is 5.75 Å². The summed E-state index contributed by atoms with van der Waals surface area (Å²) in [4.78, 5) is 1.12. The molecular formula is C22H26F3NOS. The van der Waals surface area contributed by atoms with Crippen LogP contribution in [0.15, 0.2) is 53.4 Å². The highest BCUT2D eigenvalue weighted by molar-refractivity contribution is 7.99. The van der Waals surface area contributed by atoms with Crippen LogP contribution >= 0.6 is 11.8 Å². The van der Waals surface area contributed by atoms with Gasteiger partial charge >= 0.3 is 6.18 Å². The minimum absolute atomic E-state index is 0.0667. The van der Waals surface area contributed by atoms with Crippen molar-refractivity contribution in [2.75, 3.05) is 12.9 Å². The Bertz CT molecular complexity index is 781. The van der Waals surface area contributed by atoms with Crippen LogP contribution in [0, 0.1) is 0 Å². The largest absolute Gasteiger partial charge is 0.497 e. The minimum atomic E-state index is -4.11. The van der Waals surface area contributed by atoms with Gasteiger partial charge in [-0.15, -0.1) is 11.8 Å². The van der Waals surface area contributed by atoms with Crippen molar-refractivity contribution in [2.24, 2.45) is 0 Å². The number of thioether (sulfide) groups is 1. The van der Waals surface area contributed by atoms with Crippen molar-refractivity contribution in [2.45, 2.75) is 55.3 Å². The maximum Gasteiger partial charge on any atom is 0.389 e. The molecule has 0 aliphatic carbocycles. The molecule has 2 aromatic rings. The first-order valence-electron chi connectivity index (χ1n) is 9.56. The average molecular weight is 410 g/mol. The second-order valence-electron chi connectivity index (χ2n) is 7.28. The van der Waals surface area contributed by atoms with E-state index in [1.165, 1.54) is 0 Å². The third kappa shape index (κ3) is 5.03. The Labute approximate surface area is 168 Å². The van der Waals surface area contributed by atoms with Crippen molar-refractivity contribution in [1.29, 1.82) is 0 Å². The first-order valence-corrected chi connectivity index (χ1v) is 10.5. The van der Waals surface area contributed by atoms with Gasteiger partial charge in [-0.2, -0.15) is 13.2 Å². The summed E-state index contributed by atoms with van der Waals surface area (Å²) in [7, 11) is 1.64. The summed E-state index contributed by atoms with van der Waals surface area (Å²) in [6.07, 6.45) is -3.46. The lowest BCUT2D eigenvalue weighted by Crippen LogP contribution is -2.48. The van der Waals surface area contributed by atoms with E-state index in [1.807, 2.05) is 30.3 Å². The molecule has 0 radical (unpaired) electrons. The predicted molar refractivity (Wildman–Crippen MR) is 108 cm³/mol. The van der Waals surface area contributed by atoms with Crippen LogP contribution in [0.5, 0.6) is 5.75 Å². The lowest BCUT2D eigenvalue weighted by Gasteiger charge is -2.36. The highest BCUT2D eigenvalue weighted by Gasteiger charge is 2.37. The molecule has 3 rings (SSSR count). The topological polar surface area (TPSA) is 21.3 Å². The molecule has 0 bridgehead atoms. The molecule has 0 saturated heterocycles. The van der Waals surface area contributed by atoms with E-state index in [0.29, 0.717) is 6.42 Å². The number of ether oxygens (including phenoxy) is 1. The SMILES string of the molecule is CC[C@]1(CCCC(F)(F)F)CSc2cc(OC)ccc2[C@H](c2ccccc2)N1. The summed E-state index contributed by atoms with van der Waals surface area (Å²) in [5, 5.41) is 3.75. The number of hydrogen-bond donors (Lipinski definition) is 1. The van der Waals surface area contributed by atoms with E-state index >= 15 is 0 Å². The van der Waals surface area contributed by atoms with Crippen molar-refractivity contribution < 1.29 is 17.9 Å². The van der Waals surface area contributed by atoms with Crippen molar-refractivity contribution in [3.63, 3.8) is 0 Å². The zero-order valence-corrected chi connectivity index (χ0v) is 17.0. The summed E-state index contributed by atoms with van der Waals surface area (Å²) in [5.41, 5.74) is 1.90. The first-order chi connectivity index (χ1) is 13.4. The zero-order chi connectivity index (χ0) is 20.2. The highest BCUT2D eigenvalue weighted by Crippen LogP contribution is 2.42. The van der Waals surface area contributed by atoms with Gasteiger partial charge in [-0.25, -0.2) is 0 Å². The molecule has 6 heteroatoms. The molecule has 0 unspecified atom stereocenters. The van der Waals surface area contributed by atoms with Crippen molar-refractivity contribution in [3.8, 4) is 5.75 Å². The van der Waals surface area contributed by atoms with Gasteiger partial charge < -0.3 is 4.74 Å². The minimum Gasteiger partial charge on any atom is -0.497 e. The summed E-state index contributed by atoms with van der Waals surface area (Å²) in [6.45, 7) is 2.06. The maximum atomic E-state index is 12.7. The molecule has 2 aromatic carbocycles. The van der Waals surface area contributed by atoms with Gasteiger partial charge in [0.2, 0.25) is 0 Å². The van der Waals surface area contributed by atoms with E-state index in [2.05, 4.69) is 30.4 Å². The van der Waals surface area contributed by atoms with Crippen LogP contribution in [0.3, 0.4) is 0 Å². The van der Waals surface area contributed by atoms with E-state index in [-0.39, 0.29) is 18.0 Å². The number of alkyl halides is 3. The molecule has 1 N–H and O–H groups in total. The summed E-state index contributed by atoms with van der Waals surface area (Å²) in [6, 6.07) is 16.1. The molecule has 1 heterocycles. The number of benzene rings is 2. The van der Waals surface area contributed by atoms with Crippen LogP contribution in [0.4, 0.5) is 13.2 Å². The smallest absolute Gasteiger partial charge is 0.389 e. The Morgan fingerprint density at radius 2 is 1.93 bits per heavy atom. The van der Waals surface area contributed by atoms with Crippen LogP contribution in [-0.2, 0) is 0 Å². The zero-order valence-electron chi connectivity index (χ0n) is 16.2. The van der Waals surface area contributed by atoms with E-state index in [0.717, 1.165) is 33.9 Å². The molecule has 0 fully saturated rings. The van der Waals surface area contributed by atoms with Gasteiger partial charge in [0.25, 0.3) is 0 Å². The van der Waals surface area contributed by atoms with E-state index in [1.54, 1.807) is 18.9 Å². The lowest BCUT2D eigenvalue weighted by atomic mass is 9.88. The third-order valence-corrected chi connectivity index (χ3v) is 6.77. The molecular weight excluding hydrogens is 383 g/mol.